The van der Waals surface area contributed by atoms with Crippen molar-refractivity contribution in [3.05, 3.63) is 12.4 Å². The van der Waals surface area contributed by atoms with Crippen molar-refractivity contribution < 1.29 is 9.84 Å². The third-order valence-corrected chi connectivity index (χ3v) is 3.01. The molecule has 0 radical (unpaired) electrons. The van der Waals surface area contributed by atoms with Crippen LogP contribution in [0.2, 0.25) is 0 Å². The van der Waals surface area contributed by atoms with Crippen LogP contribution < -0.4 is 10.2 Å². The average Bonchev–Trinajstić information content (AvgIpc) is 2.90. The number of nitrogens with zero attached hydrogens (tertiary/aromatic N) is 3. The molecule has 0 spiro atoms. The zero-order valence-corrected chi connectivity index (χ0v) is 10.7. The molecule has 2 rings (SSSR count). The van der Waals surface area contributed by atoms with Crippen molar-refractivity contribution in [2.45, 2.75) is 18.9 Å². The van der Waals surface area contributed by atoms with Crippen molar-refractivity contribution in [2.75, 3.05) is 43.6 Å². The summed E-state index contributed by atoms with van der Waals surface area (Å²) in [6, 6.07) is 1.88. The smallest absolute Gasteiger partial charge is 0.133 e. The van der Waals surface area contributed by atoms with E-state index in [-0.39, 0.29) is 6.61 Å². The predicted octanol–water partition coefficient (Wildman–Crippen LogP) is 0.496. The standard InChI is InChI=1S/C12H20N4O2/c1-16(4-5-17)12-7-11(14-9-15-12)13-8-10-3-2-6-18-10/h7,9-10,17H,2-6,8H2,1H3,(H,13,14,15). The summed E-state index contributed by atoms with van der Waals surface area (Å²) in [4.78, 5) is 10.2. The van der Waals surface area contributed by atoms with E-state index in [4.69, 9.17) is 9.84 Å². The average molecular weight is 252 g/mol. The lowest BCUT2D eigenvalue weighted by atomic mass is 10.2. The first-order valence-corrected chi connectivity index (χ1v) is 6.29. The summed E-state index contributed by atoms with van der Waals surface area (Å²) < 4.78 is 5.54. The Kier molecular flexibility index (Phi) is 4.72. The Labute approximate surface area is 107 Å². The van der Waals surface area contributed by atoms with Crippen molar-refractivity contribution in [3.63, 3.8) is 0 Å². The number of aliphatic hydroxyl groups excluding tert-OH is 1. The van der Waals surface area contributed by atoms with Crippen LogP contribution in [-0.2, 0) is 4.74 Å². The largest absolute Gasteiger partial charge is 0.395 e. The second kappa shape index (κ2) is 6.51. The van der Waals surface area contributed by atoms with E-state index < -0.39 is 0 Å². The highest BCUT2D eigenvalue weighted by atomic mass is 16.5. The number of rotatable bonds is 6. The van der Waals surface area contributed by atoms with E-state index in [2.05, 4.69) is 15.3 Å². The van der Waals surface area contributed by atoms with Crippen molar-refractivity contribution in [2.24, 2.45) is 0 Å². The van der Waals surface area contributed by atoms with Gasteiger partial charge in [-0.15, -0.1) is 0 Å². The van der Waals surface area contributed by atoms with Crippen LogP contribution in [0, 0.1) is 0 Å². The maximum Gasteiger partial charge on any atom is 0.133 e. The van der Waals surface area contributed by atoms with Gasteiger partial charge in [0.05, 0.1) is 12.7 Å². The molecule has 100 valence electrons. The molecule has 1 aliphatic heterocycles. The normalized spacial score (nSPS) is 18.9. The molecule has 0 amide bonds. The molecule has 1 aromatic rings. The minimum Gasteiger partial charge on any atom is -0.395 e. The molecule has 1 unspecified atom stereocenters. The van der Waals surface area contributed by atoms with Gasteiger partial charge in [-0.1, -0.05) is 0 Å². The van der Waals surface area contributed by atoms with Crippen LogP contribution in [0.5, 0.6) is 0 Å². The van der Waals surface area contributed by atoms with Crippen molar-refractivity contribution in [1.29, 1.82) is 0 Å². The molecular weight excluding hydrogens is 232 g/mol. The lowest BCUT2D eigenvalue weighted by Crippen LogP contribution is -2.23. The number of ether oxygens (including phenoxy) is 1. The van der Waals surface area contributed by atoms with Gasteiger partial charge in [-0.3, -0.25) is 0 Å². The molecule has 1 aliphatic rings. The first kappa shape index (κ1) is 13.0. The number of aromatic nitrogens is 2. The van der Waals surface area contributed by atoms with Gasteiger partial charge < -0.3 is 20.1 Å². The molecule has 0 saturated carbocycles. The molecule has 0 aromatic carbocycles. The number of hydrogen-bond donors (Lipinski definition) is 2. The molecule has 6 heteroatoms. The summed E-state index contributed by atoms with van der Waals surface area (Å²) in [6.45, 7) is 2.31. The number of anilines is 2. The predicted molar refractivity (Wildman–Crippen MR) is 69.9 cm³/mol. The van der Waals surface area contributed by atoms with Gasteiger partial charge in [0.15, 0.2) is 0 Å². The van der Waals surface area contributed by atoms with Crippen LogP contribution >= 0.6 is 0 Å². The molecule has 2 N–H and O–H groups in total. The monoisotopic (exact) mass is 252 g/mol. The topological polar surface area (TPSA) is 70.5 Å². The highest BCUT2D eigenvalue weighted by molar-refractivity contribution is 5.47. The van der Waals surface area contributed by atoms with E-state index in [0.717, 1.165) is 37.6 Å². The van der Waals surface area contributed by atoms with Gasteiger partial charge in [0.25, 0.3) is 0 Å². The molecule has 6 nitrogen and oxygen atoms in total. The van der Waals surface area contributed by atoms with Crippen LogP contribution in [0.3, 0.4) is 0 Å². The molecular formula is C12H20N4O2. The van der Waals surface area contributed by atoms with E-state index in [0.29, 0.717) is 12.6 Å². The van der Waals surface area contributed by atoms with E-state index in [1.165, 1.54) is 6.33 Å². The zero-order chi connectivity index (χ0) is 12.8. The highest BCUT2D eigenvalue weighted by Gasteiger charge is 2.15. The Morgan fingerprint density at radius 1 is 1.56 bits per heavy atom. The minimum absolute atomic E-state index is 0.110. The first-order chi connectivity index (χ1) is 8.79. The van der Waals surface area contributed by atoms with Gasteiger partial charge in [-0.2, -0.15) is 0 Å². The van der Waals surface area contributed by atoms with Gasteiger partial charge in [-0.25, -0.2) is 9.97 Å². The Morgan fingerprint density at radius 3 is 3.17 bits per heavy atom. The van der Waals surface area contributed by atoms with E-state index in [1.54, 1.807) is 0 Å². The Hall–Kier alpha value is -1.40. The third kappa shape index (κ3) is 3.54. The number of hydrogen-bond acceptors (Lipinski definition) is 6. The van der Waals surface area contributed by atoms with Crippen LogP contribution in [0.4, 0.5) is 11.6 Å². The molecule has 0 bridgehead atoms. The van der Waals surface area contributed by atoms with E-state index in [1.807, 2.05) is 18.0 Å². The van der Waals surface area contributed by atoms with Gasteiger partial charge in [0.2, 0.25) is 0 Å². The molecule has 1 aromatic heterocycles. The summed E-state index contributed by atoms with van der Waals surface area (Å²) in [6.07, 6.45) is 4.07. The maximum absolute atomic E-state index is 8.90. The van der Waals surface area contributed by atoms with Crippen molar-refractivity contribution in [3.8, 4) is 0 Å². The lowest BCUT2D eigenvalue weighted by molar-refractivity contribution is 0.120. The second-order valence-electron chi connectivity index (χ2n) is 4.42. The van der Waals surface area contributed by atoms with Gasteiger partial charge in [-0.05, 0) is 12.8 Å². The van der Waals surface area contributed by atoms with Crippen molar-refractivity contribution >= 4 is 11.6 Å². The Morgan fingerprint density at radius 2 is 2.44 bits per heavy atom. The van der Waals surface area contributed by atoms with E-state index in [9.17, 15) is 0 Å². The molecule has 1 fully saturated rings. The minimum atomic E-state index is 0.110. The number of nitrogens with one attached hydrogen (secondary N) is 1. The van der Waals surface area contributed by atoms with Crippen LogP contribution in [0.1, 0.15) is 12.8 Å². The second-order valence-corrected chi connectivity index (χ2v) is 4.42. The Balaban J connectivity index is 1.89. The summed E-state index contributed by atoms with van der Waals surface area (Å²) in [7, 11) is 1.89. The summed E-state index contributed by atoms with van der Waals surface area (Å²) in [5.74, 6) is 1.59. The fourth-order valence-electron chi connectivity index (χ4n) is 1.94. The first-order valence-electron chi connectivity index (χ1n) is 6.29. The lowest BCUT2D eigenvalue weighted by Gasteiger charge is -2.17. The molecule has 1 saturated heterocycles. The molecule has 18 heavy (non-hydrogen) atoms. The maximum atomic E-state index is 8.90. The SMILES string of the molecule is CN(CCO)c1cc(NCC2CCCO2)ncn1. The molecule has 2 heterocycles. The van der Waals surface area contributed by atoms with Gasteiger partial charge in [0.1, 0.15) is 18.0 Å². The third-order valence-electron chi connectivity index (χ3n) is 3.01. The van der Waals surface area contributed by atoms with Gasteiger partial charge in [0, 0.05) is 32.8 Å². The Bertz CT molecular complexity index is 369. The zero-order valence-electron chi connectivity index (χ0n) is 10.7. The summed E-state index contributed by atoms with van der Waals surface area (Å²) in [5.41, 5.74) is 0. The summed E-state index contributed by atoms with van der Waals surface area (Å²) >= 11 is 0. The number of likely N-dealkylation sites (N-methyl/N-ethyl adjacent to an activating group) is 1. The fourth-order valence-corrected chi connectivity index (χ4v) is 1.94. The van der Waals surface area contributed by atoms with Crippen LogP contribution in [0.25, 0.3) is 0 Å². The summed E-state index contributed by atoms with van der Waals surface area (Å²) in [5, 5.41) is 12.2. The number of aliphatic hydroxyl groups is 1. The molecule has 0 aliphatic carbocycles. The van der Waals surface area contributed by atoms with E-state index >= 15 is 0 Å². The van der Waals surface area contributed by atoms with Crippen molar-refractivity contribution in [1.82, 2.24) is 9.97 Å². The molecule has 1 atom stereocenters. The van der Waals surface area contributed by atoms with Gasteiger partial charge >= 0.3 is 0 Å². The van der Waals surface area contributed by atoms with Crippen LogP contribution in [0.15, 0.2) is 12.4 Å². The highest BCUT2D eigenvalue weighted by Crippen LogP contribution is 2.15. The fraction of sp³-hybridized carbons (Fsp3) is 0.667. The quantitative estimate of drug-likeness (QED) is 0.768. The van der Waals surface area contributed by atoms with Crippen LogP contribution in [-0.4, -0.2) is 54.5 Å².